The van der Waals surface area contributed by atoms with Gasteiger partial charge >= 0.3 is 0 Å². The van der Waals surface area contributed by atoms with Gasteiger partial charge in [-0.25, -0.2) is 0 Å². The van der Waals surface area contributed by atoms with Crippen molar-refractivity contribution in [2.75, 3.05) is 36.4 Å². The molecule has 8 nitrogen and oxygen atoms in total. The van der Waals surface area contributed by atoms with Gasteiger partial charge in [0.2, 0.25) is 28.1 Å². The second-order valence-electron chi connectivity index (χ2n) is 13.5. The first-order valence-corrected chi connectivity index (χ1v) is 17.9. The van der Waals surface area contributed by atoms with Crippen molar-refractivity contribution >= 4 is 52.1 Å². The Hall–Kier alpha value is -3.75. The Labute approximate surface area is 295 Å². The number of amides is 1. The minimum Gasteiger partial charge on any atom is -0.354 e. The molecule has 10 heteroatoms. The molecule has 0 unspecified atom stereocenters. The van der Waals surface area contributed by atoms with Gasteiger partial charge in [0.25, 0.3) is 0 Å². The van der Waals surface area contributed by atoms with Crippen LogP contribution >= 0.6 is 23.2 Å². The molecule has 0 spiro atoms. The molecule has 1 amide bonds. The van der Waals surface area contributed by atoms with Crippen molar-refractivity contribution in [2.45, 2.75) is 84.0 Å². The number of halogens is 2. The molecule has 48 heavy (non-hydrogen) atoms. The van der Waals surface area contributed by atoms with Gasteiger partial charge in [-0.05, 0) is 74.5 Å². The molecule has 3 aromatic rings. The van der Waals surface area contributed by atoms with E-state index < -0.39 is 0 Å². The number of carbonyl (C=O) groups is 1. The van der Waals surface area contributed by atoms with Crippen LogP contribution in [0.3, 0.4) is 0 Å². The number of anilines is 2. The van der Waals surface area contributed by atoms with E-state index in [0.29, 0.717) is 19.5 Å². The van der Waals surface area contributed by atoms with Crippen LogP contribution in [-0.4, -0.2) is 57.3 Å². The van der Waals surface area contributed by atoms with Crippen LogP contribution in [0.1, 0.15) is 84.3 Å². The summed E-state index contributed by atoms with van der Waals surface area (Å²) in [6, 6.07) is 17.6. The first-order chi connectivity index (χ1) is 23.0. The zero-order valence-corrected chi connectivity index (χ0v) is 30.3. The molecule has 0 atom stereocenters. The predicted molar refractivity (Wildman–Crippen MR) is 198 cm³/mol. The van der Waals surface area contributed by atoms with Gasteiger partial charge in [0, 0.05) is 67.0 Å². The van der Waals surface area contributed by atoms with E-state index in [1.54, 1.807) is 0 Å². The van der Waals surface area contributed by atoms with Crippen molar-refractivity contribution in [3.05, 3.63) is 94.2 Å². The highest BCUT2D eigenvalue weighted by Crippen LogP contribution is 2.47. The zero-order chi connectivity index (χ0) is 34.3. The number of carbonyl (C=O) groups excluding carboxylic acids is 1. The summed E-state index contributed by atoms with van der Waals surface area (Å²) >= 11 is 11.6. The van der Waals surface area contributed by atoms with Gasteiger partial charge in [0.15, 0.2) is 5.71 Å². The lowest BCUT2D eigenvalue weighted by molar-refractivity contribution is -0.438. The summed E-state index contributed by atoms with van der Waals surface area (Å²) in [5.41, 5.74) is 7.93. The molecular weight excluding hydrogens is 641 g/mol. The third kappa shape index (κ3) is 7.92. The van der Waals surface area contributed by atoms with Crippen LogP contribution in [0.25, 0.3) is 0 Å². The van der Waals surface area contributed by atoms with E-state index in [4.69, 9.17) is 23.2 Å². The highest BCUT2D eigenvalue weighted by molar-refractivity contribution is 6.31. The number of para-hydroxylation sites is 2. The van der Waals surface area contributed by atoms with Crippen molar-refractivity contribution in [1.82, 2.24) is 20.3 Å². The maximum atomic E-state index is 12.3. The van der Waals surface area contributed by atoms with Gasteiger partial charge in [-0.15, -0.1) is 0 Å². The number of nitrogens with one attached hydrogen (secondary N) is 2. The number of benzene rings is 2. The van der Waals surface area contributed by atoms with Crippen LogP contribution in [0, 0.1) is 0 Å². The highest BCUT2D eigenvalue weighted by Gasteiger charge is 2.44. The summed E-state index contributed by atoms with van der Waals surface area (Å²) in [7, 11) is 0. The summed E-state index contributed by atoms with van der Waals surface area (Å²) in [5, 5.41) is 5.97. The van der Waals surface area contributed by atoms with Crippen LogP contribution in [0.5, 0.6) is 0 Å². The molecule has 2 aromatic carbocycles. The quantitative estimate of drug-likeness (QED) is 0.123. The number of fused-ring (bicyclic) bond motifs is 2. The van der Waals surface area contributed by atoms with Gasteiger partial charge in [0.05, 0.1) is 5.41 Å². The molecule has 254 valence electrons. The maximum Gasteiger partial charge on any atom is 0.228 e. The number of hydrogen-bond donors (Lipinski definition) is 2. The number of unbranched alkanes of at least 4 members (excludes halogenated alkanes) is 4. The molecule has 0 bridgehead atoms. The largest absolute Gasteiger partial charge is 0.354 e. The fourth-order valence-corrected chi connectivity index (χ4v) is 7.41. The minimum absolute atomic E-state index is 0.0260. The lowest BCUT2D eigenvalue weighted by Gasteiger charge is -2.25. The summed E-state index contributed by atoms with van der Waals surface area (Å²) in [4.78, 5) is 26.4. The van der Waals surface area contributed by atoms with Gasteiger partial charge < -0.3 is 15.5 Å². The normalized spacial score (nSPS) is 16.9. The van der Waals surface area contributed by atoms with Crippen LogP contribution in [-0.2, 0) is 15.6 Å². The Morgan fingerprint density at radius 2 is 1.52 bits per heavy atom. The van der Waals surface area contributed by atoms with E-state index in [2.05, 4.69) is 136 Å². The maximum absolute atomic E-state index is 12.3. The van der Waals surface area contributed by atoms with E-state index in [9.17, 15) is 4.79 Å². The van der Waals surface area contributed by atoms with Crippen LogP contribution in [0.15, 0.2) is 72.5 Å². The average molecular weight is 690 g/mol. The molecule has 0 radical (unpaired) electrons. The topological polar surface area (TPSA) is 86.0 Å². The Balaban J connectivity index is 1.13. The summed E-state index contributed by atoms with van der Waals surface area (Å²) in [6.07, 6.45) is 12.7. The summed E-state index contributed by atoms with van der Waals surface area (Å²) in [5.74, 6) is 0.336. The van der Waals surface area contributed by atoms with Gasteiger partial charge in [-0.3, -0.25) is 4.79 Å². The molecule has 3 heterocycles. The second-order valence-corrected chi connectivity index (χ2v) is 14.1. The SMILES string of the molecule is CCN1C(=CC=CC2=[N+](CCCCCCCC(=O)NCCNc3nc(Cl)nc(Cl)n3)c3ccccc3C2(C)C)C(C)(C)c2ccccc21. The number of nitrogens with zero attached hydrogens (tertiary/aromatic N) is 5. The van der Waals surface area contributed by atoms with Gasteiger partial charge in [0.1, 0.15) is 6.54 Å². The number of allylic oxidation sites excluding steroid dienone is 4. The number of rotatable bonds is 15. The third-order valence-electron chi connectivity index (χ3n) is 9.52. The van der Waals surface area contributed by atoms with Gasteiger partial charge in [-0.2, -0.15) is 19.5 Å². The van der Waals surface area contributed by atoms with E-state index in [1.165, 1.54) is 33.9 Å². The predicted octanol–water partition coefficient (Wildman–Crippen LogP) is 8.38. The second kappa shape index (κ2) is 15.6. The van der Waals surface area contributed by atoms with Gasteiger partial charge in [-0.1, -0.05) is 69.2 Å². The lowest BCUT2D eigenvalue weighted by Crippen LogP contribution is -2.28. The van der Waals surface area contributed by atoms with Crippen molar-refractivity contribution in [1.29, 1.82) is 0 Å². The zero-order valence-electron chi connectivity index (χ0n) is 28.8. The fourth-order valence-electron chi connectivity index (χ4n) is 7.05. The molecule has 0 saturated carbocycles. The minimum atomic E-state index is -0.0848. The van der Waals surface area contributed by atoms with Crippen molar-refractivity contribution in [2.24, 2.45) is 0 Å². The Kier molecular flexibility index (Phi) is 11.6. The van der Waals surface area contributed by atoms with E-state index in [1.807, 2.05) is 0 Å². The molecule has 1 aromatic heterocycles. The Morgan fingerprint density at radius 3 is 2.27 bits per heavy atom. The van der Waals surface area contributed by atoms with Crippen LogP contribution < -0.4 is 15.5 Å². The smallest absolute Gasteiger partial charge is 0.228 e. The molecule has 0 aliphatic carbocycles. The van der Waals surface area contributed by atoms with E-state index in [0.717, 1.165) is 45.2 Å². The summed E-state index contributed by atoms with van der Waals surface area (Å²) < 4.78 is 2.52. The lowest BCUT2D eigenvalue weighted by atomic mass is 9.81. The summed E-state index contributed by atoms with van der Waals surface area (Å²) in [6.45, 7) is 14.4. The Bertz CT molecular complexity index is 1690. The molecule has 0 saturated heterocycles. The molecule has 2 aliphatic heterocycles. The van der Waals surface area contributed by atoms with Crippen LogP contribution in [0.2, 0.25) is 10.6 Å². The molecule has 2 N–H and O–H groups in total. The number of hydrogen-bond acceptors (Lipinski definition) is 6. The van der Waals surface area contributed by atoms with Crippen molar-refractivity contribution in [3.63, 3.8) is 0 Å². The standard InChI is InChI=1S/C38H47Cl2N7O/c1-6-46-29-19-13-11-17-27(29)37(2,3)31(46)21-16-22-32-38(4,5)28-18-12-14-20-30(28)47(32)26-15-9-7-8-10-23-33(48)41-24-25-42-36-44-34(39)43-35(40)45-36/h11-14,16-22H,6-10,15,23-26H2,1-5H3,(H-,41,42,43,44,45,48)/p+1. The van der Waals surface area contributed by atoms with Crippen molar-refractivity contribution in [3.8, 4) is 0 Å². The Morgan fingerprint density at radius 1 is 0.854 bits per heavy atom. The fraction of sp³-hybridized carbons (Fsp3) is 0.447. The first-order valence-electron chi connectivity index (χ1n) is 17.1. The van der Waals surface area contributed by atoms with Crippen LogP contribution in [0.4, 0.5) is 17.3 Å². The van der Waals surface area contributed by atoms with Crippen molar-refractivity contribution < 1.29 is 9.37 Å². The van der Waals surface area contributed by atoms with E-state index >= 15 is 0 Å². The third-order valence-corrected chi connectivity index (χ3v) is 9.86. The highest BCUT2D eigenvalue weighted by atomic mass is 35.5. The molecule has 2 aliphatic rings. The molecule has 0 fully saturated rings. The number of aromatic nitrogens is 3. The monoisotopic (exact) mass is 688 g/mol. The van der Waals surface area contributed by atoms with E-state index in [-0.39, 0.29) is 33.3 Å². The molecular formula is C38H48Cl2N7O+. The average Bonchev–Trinajstić information content (AvgIpc) is 3.40. The molecule has 5 rings (SSSR count). The number of likely N-dealkylation sites (N-methyl/N-ethyl adjacent to an activating group) is 1. The first kappa shape index (κ1) is 35.6.